The van der Waals surface area contributed by atoms with Crippen molar-refractivity contribution in [3.8, 4) is 0 Å². The lowest BCUT2D eigenvalue weighted by Gasteiger charge is -2.18. The van der Waals surface area contributed by atoms with Gasteiger partial charge < -0.3 is 20.3 Å². The Morgan fingerprint density at radius 2 is 1.71 bits per heavy atom. The van der Waals surface area contributed by atoms with Crippen molar-refractivity contribution >= 4 is 35.8 Å². The number of nitrogens with zero attached hydrogens (tertiary/aromatic N) is 2. The van der Waals surface area contributed by atoms with E-state index in [1.807, 2.05) is 30.0 Å². The highest BCUT2D eigenvalue weighted by molar-refractivity contribution is 14.0. The first-order valence-corrected chi connectivity index (χ1v) is 10.6. The maximum Gasteiger partial charge on any atom is 0.222 e. The highest BCUT2D eigenvalue weighted by atomic mass is 127. The van der Waals surface area contributed by atoms with Crippen LogP contribution in [0.4, 0.5) is 0 Å². The largest absolute Gasteiger partial charge is 0.372 e. The number of carbonyl (C=O) groups excluding carboxylic acids is 1. The predicted molar refractivity (Wildman–Crippen MR) is 135 cm³/mol. The minimum atomic E-state index is 0. The highest BCUT2D eigenvalue weighted by Gasteiger charge is 2.25. The number of carbonyl (C=O) groups is 1. The number of amides is 1. The minimum Gasteiger partial charge on any atom is -0.372 e. The van der Waals surface area contributed by atoms with Crippen LogP contribution >= 0.6 is 24.0 Å². The predicted octanol–water partition coefficient (Wildman–Crippen LogP) is 3.70. The average molecular weight is 536 g/mol. The number of hydrogen-bond donors (Lipinski definition) is 2. The van der Waals surface area contributed by atoms with Crippen molar-refractivity contribution in [2.24, 2.45) is 4.99 Å². The summed E-state index contributed by atoms with van der Waals surface area (Å²) in [6.45, 7) is 5.37. The number of benzene rings is 2. The molecule has 1 aliphatic rings. The molecular weight excluding hydrogens is 503 g/mol. The van der Waals surface area contributed by atoms with Crippen molar-refractivity contribution in [3.05, 3.63) is 71.3 Å². The fourth-order valence-electron chi connectivity index (χ4n) is 3.52. The van der Waals surface area contributed by atoms with Gasteiger partial charge in [-0.25, -0.2) is 0 Å². The summed E-state index contributed by atoms with van der Waals surface area (Å²) in [4.78, 5) is 18.1. The number of ether oxygens (including phenoxy) is 1. The molecule has 1 aliphatic heterocycles. The molecule has 0 spiro atoms. The molecule has 2 aromatic carbocycles. The second-order valence-electron chi connectivity index (χ2n) is 7.54. The van der Waals surface area contributed by atoms with E-state index in [-0.39, 0.29) is 35.9 Å². The molecule has 1 atom stereocenters. The van der Waals surface area contributed by atoms with Crippen molar-refractivity contribution in [1.82, 2.24) is 15.5 Å². The van der Waals surface area contributed by atoms with E-state index in [9.17, 15) is 4.79 Å². The lowest BCUT2D eigenvalue weighted by atomic mass is 10.1. The monoisotopic (exact) mass is 536 g/mol. The van der Waals surface area contributed by atoms with Gasteiger partial charge in [-0.15, -0.1) is 24.0 Å². The van der Waals surface area contributed by atoms with Crippen molar-refractivity contribution in [2.75, 3.05) is 20.1 Å². The highest BCUT2D eigenvalue weighted by Crippen LogP contribution is 2.11. The van der Waals surface area contributed by atoms with E-state index in [1.165, 1.54) is 11.1 Å². The fourth-order valence-corrected chi connectivity index (χ4v) is 3.52. The SMILES string of the molecule is CCC(=O)N1CCC(NC(=NC)NCc2ccc(COCc3ccccc3)cc2)C1.I. The molecule has 6 nitrogen and oxygen atoms in total. The summed E-state index contributed by atoms with van der Waals surface area (Å²) in [5, 5.41) is 6.78. The first-order valence-electron chi connectivity index (χ1n) is 10.6. The van der Waals surface area contributed by atoms with Gasteiger partial charge >= 0.3 is 0 Å². The zero-order valence-electron chi connectivity index (χ0n) is 18.3. The molecule has 3 rings (SSSR count). The molecule has 0 aliphatic carbocycles. The van der Waals surface area contributed by atoms with E-state index in [0.29, 0.717) is 26.2 Å². The molecule has 1 unspecified atom stereocenters. The van der Waals surface area contributed by atoms with E-state index >= 15 is 0 Å². The number of aliphatic imine (C=N–C) groups is 1. The Morgan fingerprint density at radius 3 is 2.35 bits per heavy atom. The molecule has 0 aromatic heterocycles. The summed E-state index contributed by atoms with van der Waals surface area (Å²) in [7, 11) is 1.77. The van der Waals surface area contributed by atoms with E-state index in [2.05, 4.69) is 52.0 Å². The van der Waals surface area contributed by atoms with Gasteiger partial charge in [0.25, 0.3) is 0 Å². The van der Waals surface area contributed by atoms with Crippen LogP contribution in [-0.2, 0) is 29.3 Å². The number of hydrogen-bond acceptors (Lipinski definition) is 3. The van der Waals surface area contributed by atoms with Gasteiger partial charge in [0.05, 0.1) is 13.2 Å². The van der Waals surface area contributed by atoms with Crippen LogP contribution in [0.1, 0.15) is 36.5 Å². The van der Waals surface area contributed by atoms with Gasteiger partial charge in [-0.2, -0.15) is 0 Å². The molecule has 1 heterocycles. The van der Waals surface area contributed by atoms with Crippen LogP contribution in [0.15, 0.2) is 59.6 Å². The molecule has 1 fully saturated rings. The van der Waals surface area contributed by atoms with Gasteiger partial charge in [0, 0.05) is 39.1 Å². The van der Waals surface area contributed by atoms with Crippen LogP contribution in [0.5, 0.6) is 0 Å². The van der Waals surface area contributed by atoms with Crippen LogP contribution in [0.25, 0.3) is 0 Å². The van der Waals surface area contributed by atoms with Crippen LogP contribution in [-0.4, -0.2) is 42.9 Å². The minimum absolute atomic E-state index is 0. The Labute approximate surface area is 202 Å². The topological polar surface area (TPSA) is 66.0 Å². The van der Waals surface area contributed by atoms with Gasteiger partial charge in [0.1, 0.15) is 0 Å². The van der Waals surface area contributed by atoms with Crippen LogP contribution in [0.3, 0.4) is 0 Å². The molecule has 2 aromatic rings. The zero-order valence-corrected chi connectivity index (χ0v) is 20.7. The van der Waals surface area contributed by atoms with Crippen molar-refractivity contribution < 1.29 is 9.53 Å². The maximum atomic E-state index is 11.8. The zero-order chi connectivity index (χ0) is 21.2. The normalized spacial score (nSPS) is 16.0. The lowest BCUT2D eigenvalue weighted by Crippen LogP contribution is -2.44. The van der Waals surface area contributed by atoms with E-state index in [1.54, 1.807) is 7.05 Å². The van der Waals surface area contributed by atoms with Crippen molar-refractivity contribution in [2.45, 2.75) is 45.6 Å². The Bertz CT molecular complexity index is 827. The molecule has 0 radical (unpaired) electrons. The van der Waals surface area contributed by atoms with Gasteiger partial charge in [0.15, 0.2) is 5.96 Å². The first kappa shape index (κ1) is 25.1. The number of guanidine groups is 1. The van der Waals surface area contributed by atoms with E-state index in [0.717, 1.165) is 31.0 Å². The first-order chi connectivity index (χ1) is 14.7. The van der Waals surface area contributed by atoms with Crippen LogP contribution in [0.2, 0.25) is 0 Å². The smallest absolute Gasteiger partial charge is 0.222 e. The summed E-state index contributed by atoms with van der Waals surface area (Å²) >= 11 is 0. The number of likely N-dealkylation sites (tertiary alicyclic amines) is 1. The van der Waals surface area contributed by atoms with Crippen molar-refractivity contribution in [3.63, 3.8) is 0 Å². The van der Waals surface area contributed by atoms with Gasteiger partial charge in [-0.05, 0) is 23.1 Å². The summed E-state index contributed by atoms with van der Waals surface area (Å²) in [5.41, 5.74) is 3.52. The molecule has 1 amide bonds. The second-order valence-corrected chi connectivity index (χ2v) is 7.54. The fraction of sp³-hybridized carbons (Fsp3) is 0.417. The Kier molecular flexibility index (Phi) is 10.8. The molecule has 168 valence electrons. The number of nitrogens with one attached hydrogen (secondary N) is 2. The van der Waals surface area contributed by atoms with Crippen LogP contribution in [0, 0.1) is 0 Å². The third-order valence-electron chi connectivity index (χ3n) is 5.27. The molecule has 0 saturated carbocycles. The van der Waals surface area contributed by atoms with Gasteiger partial charge in [-0.3, -0.25) is 9.79 Å². The summed E-state index contributed by atoms with van der Waals surface area (Å²) in [5.74, 6) is 0.983. The summed E-state index contributed by atoms with van der Waals surface area (Å²) in [6.07, 6.45) is 1.51. The quantitative estimate of drug-likeness (QED) is 0.307. The van der Waals surface area contributed by atoms with E-state index in [4.69, 9.17) is 4.74 Å². The molecule has 0 bridgehead atoms. The third kappa shape index (κ3) is 8.14. The second kappa shape index (κ2) is 13.3. The van der Waals surface area contributed by atoms with Gasteiger partial charge in [0.2, 0.25) is 5.91 Å². The summed E-state index contributed by atoms with van der Waals surface area (Å²) in [6, 6.07) is 18.9. The molecule has 2 N–H and O–H groups in total. The maximum absolute atomic E-state index is 11.8. The Morgan fingerprint density at radius 1 is 1.06 bits per heavy atom. The Hall–Kier alpha value is -2.13. The van der Waals surface area contributed by atoms with E-state index < -0.39 is 0 Å². The summed E-state index contributed by atoms with van der Waals surface area (Å²) < 4.78 is 5.80. The number of rotatable bonds is 8. The number of halogens is 1. The van der Waals surface area contributed by atoms with Gasteiger partial charge in [-0.1, -0.05) is 61.5 Å². The standard InChI is InChI=1S/C24H32N4O2.HI/c1-3-23(29)28-14-13-22(16-28)27-24(25-2)26-15-19-9-11-21(12-10-19)18-30-17-20-7-5-4-6-8-20;/h4-12,22H,3,13-18H2,1-2H3,(H2,25,26,27);1H. The third-order valence-corrected chi connectivity index (χ3v) is 5.27. The Balaban J connectivity index is 0.00000341. The lowest BCUT2D eigenvalue weighted by molar-refractivity contribution is -0.129. The van der Waals surface area contributed by atoms with Crippen LogP contribution < -0.4 is 10.6 Å². The van der Waals surface area contributed by atoms with Crippen molar-refractivity contribution in [1.29, 1.82) is 0 Å². The molecule has 1 saturated heterocycles. The molecule has 31 heavy (non-hydrogen) atoms. The molecule has 7 heteroatoms. The molecular formula is C24H33IN4O2. The average Bonchev–Trinajstić information content (AvgIpc) is 3.26.